The lowest BCUT2D eigenvalue weighted by molar-refractivity contribution is 0.00755. The number of nitrogens with one attached hydrogen (secondary N) is 1. The molecule has 120 valence electrons. The van der Waals surface area contributed by atoms with Crippen molar-refractivity contribution >= 4 is 22.2 Å². The van der Waals surface area contributed by atoms with E-state index in [9.17, 15) is 8.42 Å². The number of hydrogen-bond acceptors (Lipinski definition) is 7. The molecular formula is C13H16ClN3O4S. The van der Waals surface area contributed by atoms with Gasteiger partial charge in [0.15, 0.2) is 9.84 Å². The number of aromatic nitrogens is 2. The summed E-state index contributed by atoms with van der Waals surface area (Å²) in [6.07, 6.45) is 0.928. The zero-order valence-electron chi connectivity index (χ0n) is 11.9. The Bertz CT molecular complexity index is 724. The first-order chi connectivity index (χ1) is 10.0. The Morgan fingerprint density at radius 2 is 2.00 bits per heavy atom. The van der Waals surface area contributed by atoms with Crippen LogP contribution in [0.1, 0.15) is 12.0 Å². The Kier molecular flexibility index (Phi) is 5.17. The van der Waals surface area contributed by atoms with Gasteiger partial charge in [0.05, 0.1) is 11.5 Å². The second kappa shape index (κ2) is 6.74. The molecular weight excluding hydrogens is 330 g/mol. The largest absolute Gasteiger partial charge is 0.366 e. The minimum absolute atomic E-state index is 0. The summed E-state index contributed by atoms with van der Waals surface area (Å²) in [5.41, 5.74) is 0.696. The number of morpholine rings is 1. The standard InChI is InChI=1S/C13H15N3O4S.ClH/c1-21(17,18)10-4-2-9(3-5-10)12-15-13(20-16-12)11-8-14-6-7-19-11;/h2-5,11,14H,6-8H2,1H3;1H/t11-;/m0./s1. The van der Waals surface area contributed by atoms with Gasteiger partial charge in [-0.05, 0) is 24.3 Å². The molecule has 3 rings (SSSR count). The minimum atomic E-state index is -3.21. The molecule has 1 N–H and O–H groups in total. The van der Waals surface area contributed by atoms with Gasteiger partial charge < -0.3 is 14.6 Å². The summed E-state index contributed by atoms with van der Waals surface area (Å²) >= 11 is 0. The number of ether oxygens (including phenoxy) is 1. The zero-order valence-corrected chi connectivity index (χ0v) is 13.5. The van der Waals surface area contributed by atoms with E-state index >= 15 is 0 Å². The zero-order chi connectivity index (χ0) is 14.9. The van der Waals surface area contributed by atoms with Gasteiger partial charge >= 0.3 is 0 Å². The molecule has 1 aliphatic heterocycles. The fraction of sp³-hybridized carbons (Fsp3) is 0.385. The van der Waals surface area contributed by atoms with Gasteiger partial charge in [-0.2, -0.15) is 4.98 Å². The molecule has 9 heteroatoms. The highest BCUT2D eigenvalue weighted by Gasteiger charge is 2.22. The lowest BCUT2D eigenvalue weighted by Gasteiger charge is -2.19. The van der Waals surface area contributed by atoms with E-state index in [1.807, 2.05) is 0 Å². The molecule has 1 saturated heterocycles. The van der Waals surface area contributed by atoms with Crippen LogP contribution in [0.2, 0.25) is 0 Å². The Morgan fingerprint density at radius 3 is 2.59 bits per heavy atom. The van der Waals surface area contributed by atoms with Crippen molar-refractivity contribution in [2.24, 2.45) is 0 Å². The van der Waals surface area contributed by atoms with Crippen LogP contribution in [-0.2, 0) is 14.6 Å². The van der Waals surface area contributed by atoms with E-state index in [1.165, 1.54) is 18.4 Å². The van der Waals surface area contributed by atoms with Gasteiger partial charge in [0.1, 0.15) is 6.10 Å². The third-order valence-electron chi connectivity index (χ3n) is 3.19. The second-order valence-electron chi connectivity index (χ2n) is 4.82. The van der Waals surface area contributed by atoms with Crippen molar-refractivity contribution in [3.63, 3.8) is 0 Å². The molecule has 0 aliphatic carbocycles. The van der Waals surface area contributed by atoms with Gasteiger partial charge in [-0.1, -0.05) is 5.16 Å². The van der Waals surface area contributed by atoms with Crippen molar-refractivity contribution < 1.29 is 17.7 Å². The summed E-state index contributed by atoms with van der Waals surface area (Å²) in [4.78, 5) is 4.56. The molecule has 0 radical (unpaired) electrons. The SMILES string of the molecule is CS(=O)(=O)c1ccc(-c2noc([C@@H]3CNCCO3)n2)cc1.Cl. The molecule has 7 nitrogen and oxygen atoms in total. The summed E-state index contributed by atoms with van der Waals surface area (Å²) < 4.78 is 33.6. The lowest BCUT2D eigenvalue weighted by atomic mass is 10.2. The normalized spacial score (nSPS) is 18.7. The van der Waals surface area contributed by atoms with E-state index in [4.69, 9.17) is 9.26 Å². The summed E-state index contributed by atoms with van der Waals surface area (Å²) in [6.45, 7) is 2.05. The van der Waals surface area contributed by atoms with Crippen LogP contribution < -0.4 is 5.32 Å². The smallest absolute Gasteiger partial charge is 0.257 e. The van der Waals surface area contributed by atoms with E-state index in [1.54, 1.807) is 12.1 Å². The van der Waals surface area contributed by atoms with Crippen LogP contribution in [0.3, 0.4) is 0 Å². The van der Waals surface area contributed by atoms with E-state index in [2.05, 4.69) is 15.5 Å². The van der Waals surface area contributed by atoms with Crippen molar-refractivity contribution in [2.75, 3.05) is 26.0 Å². The third-order valence-corrected chi connectivity index (χ3v) is 4.31. The Hall–Kier alpha value is -1.48. The molecule has 1 fully saturated rings. The molecule has 2 heterocycles. The number of sulfone groups is 1. The van der Waals surface area contributed by atoms with Crippen LogP contribution in [0.25, 0.3) is 11.4 Å². The average Bonchev–Trinajstić information content (AvgIpc) is 2.97. The highest BCUT2D eigenvalue weighted by atomic mass is 35.5. The Labute approximate surface area is 134 Å². The van der Waals surface area contributed by atoms with E-state index in [0.717, 1.165) is 6.54 Å². The Balaban J connectivity index is 0.00000176. The third kappa shape index (κ3) is 3.64. The molecule has 1 aromatic heterocycles. The maximum absolute atomic E-state index is 11.4. The van der Waals surface area contributed by atoms with Crippen molar-refractivity contribution in [3.05, 3.63) is 30.2 Å². The summed E-state index contributed by atoms with van der Waals surface area (Å²) in [7, 11) is -3.21. The summed E-state index contributed by atoms with van der Waals surface area (Å²) in [5.74, 6) is 0.837. The highest BCUT2D eigenvalue weighted by molar-refractivity contribution is 7.90. The first-order valence-corrected chi connectivity index (χ1v) is 8.39. The van der Waals surface area contributed by atoms with Crippen molar-refractivity contribution in [2.45, 2.75) is 11.0 Å². The van der Waals surface area contributed by atoms with Crippen LogP contribution in [0.15, 0.2) is 33.7 Å². The van der Waals surface area contributed by atoms with Gasteiger partial charge in [-0.3, -0.25) is 0 Å². The molecule has 0 spiro atoms. The van der Waals surface area contributed by atoms with Gasteiger partial charge in [0, 0.05) is 24.9 Å². The topological polar surface area (TPSA) is 94.3 Å². The molecule has 1 aromatic carbocycles. The molecule has 1 aliphatic rings. The van der Waals surface area contributed by atoms with Gasteiger partial charge in [-0.15, -0.1) is 12.4 Å². The van der Waals surface area contributed by atoms with E-state index in [-0.39, 0.29) is 23.4 Å². The van der Waals surface area contributed by atoms with Crippen molar-refractivity contribution in [1.82, 2.24) is 15.5 Å². The fourth-order valence-corrected chi connectivity index (χ4v) is 2.69. The second-order valence-corrected chi connectivity index (χ2v) is 6.83. The molecule has 0 saturated carbocycles. The molecule has 0 amide bonds. The Morgan fingerprint density at radius 1 is 1.27 bits per heavy atom. The number of hydrogen-bond donors (Lipinski definition) is 1. The predicted octanol–water partition coefficient (Wildman–Crippen LogP) is 1.22. The monoisotopic (exact) mass is 345 g/mol. The molecule has 22 heavy (non-hydrogen) atoms. The summed E-state index contributed by atoms with van der Waals surface area (Å²) in [6, 6.07) is 6.37. The number of nitrogens with zero attached hydrogens (tertiary/aromatic N) is 2. The van der Waals surface area contributed by atoms with Gasteiger partial charge in [-0.25, -0.2) is 8.42 Å². The maximum atomic E-state index is 11.4. The van der Waals surface area contributed by atoms with Crippen LogP contribution in [0, 0.1) is 0 Å². The van der Waals surface area contributed by atoms with Crippen LogP contribution in [-0.4, -0.2) is 44.5 Å². The van der Waals surface area contributed by atoms with Gasteiger partial charge in [0.2, 0.25) is 5.82 Å². The highest BCUT2D eigenvalue weighted by Crippen LogP contribution is 2.22. The minimum Gasteiger partial charge on any atom is -0.366 e. The fourth-order valence-electron chi connectivity index (χ4n) is 2.06. The van der Waals surface area contributed by atoms with Crippen molar-refractivity contribution in [1.29, 1.82) is 0 Å². The van der Waals surface area contributed by atoms with Gasteiger partial charge in [0.25, 0.3) is 5.89 Å². The predicted molar refractivity (Wildman–Crippen MR) is 81.7 cm³/mol. The first kappa shape index (κ1) is 16.9. The maximum Gasteiger partial charge on any atom is 0.257 e. The van der Waals surface area contributed by atoms with Crippen molar-refractivity contribution in [3.8, 4) is 11.4 Å². The van der Waals surface area contributed by atoms with Crippen LogP contribution in [0.5, 0.6) is 0 Å². The quantitative estimate of drug-likeness (QED) is 0.893. The average molecular weight is 346 g/mol. The number of halogens is 1. The first-order valence-electron chi connectivity index (χ1n) is 6.50. The summed E-state index contributed by atoms with van der Waals surface area (Å²) in [5, 5.41) is 7.10. The molecule has 0 unspecified atom stereocenters. The molecule has 0 bridgehead atoms. The van der Waals surface area contributed by atoms with E-state index < -0.39 is 9.84 Å². The molecule has 2 aromatic rings. The van der Waals surface area contributed by atoms with Crippen LogP contribution in [0.4, 0.5) is 0 Å². The number of benzene rings is 1. The van der Waals surface area contributed by atoms with E-state index in [0.29, 0.717) is 30.4 Å². The van der Waals surface area contributed by atoms with Crippen LogP contribution >= 0.6 is 12.4 Å². The molecule has 1 atom stereocenters. The number of rotatable bonds is 3. The lowest BCUT2D eigenvalue weighted by Crippen LogP contribution is -2.33.